The van der Waals surface area contributed by atoms with Gasteiger partial charge in [0, 0.05) is 37.0 Å². The number of para-hydroxylation sites is 1. The highest BCUT2D eigenvalue weighted by atomic mass is 19.1. The van der Waals surface area contributed by atoms with Gasteiger partial charge in [-0.05, 0) is 53.7 Å². The first-order chi connectivity index (χ1) is 15.7. The molecule has 0 bridgehead atoms. The number of hydrogen-bond donors (Lipinski definition) is 2. The van der Waals surface area contributed by atoms with Crippen molar-refractivity contribution >= 4 is 22.8 Å². The quantitative estimate of drug-likeness (QED) is 0.479. The van der Waals surface area contributed by atoms with Gasteiger partial charge in [-0.2, -0.15) is 4.98 Å². The van der Waals surface area contributed by atoms with Crippen LogP contribution in [-0.4, -0.2) is 40.7 Å². The maximum Gasteiger partial charge on any atom is 0.267 e. The van der Waals surface area contributed by atoms with Gasteiger partial charge in [-0.15, -0.1) is 0 Å². The van der Waals surface area contributed by atoms with Crippen LogP contribution in [0.5, 0.6) is 0 Å². The molecule has 0 radical (unpaired) electrons. The number of fused-ring (bicyclic) bond motifs is 1. The van der Waals surface area contributed by atoms with Gasteiger partial charge in [0.1, 0.15) is 11.5 Å². The molecule has 1 aliphatic rings. The Bertz CT molecular complexity index is 1180. The van der Waals surface area contributed by atoms with Crippen LogP contribution in [-0.2, 0) is 6.42 Å². The normalized spacial score (nSPS) is 14.7. The van der Waals surface area contributed by atoms with E-state index in [0.29, 0.717) is 36.4 Å². The van der Waals surface area contributed by atoms with Crippen molar-refractivity contribution in [1.29, 1.82) is 0 Å². The number of aromatic nitrogens is 3. The minimum atomic E-state index is -0.206. The lowest BCUT2D eigenvalue weighted by atomic mass is 9.89. The Balaban J connectivity index is 1.11. The molecule has 1 fully saturated rings. The van der Waals surface area contributed by atoms with Crippen LogP contribution in [0.4, 0.5) is 10.3 Å². The zero-order valence-corrected chi connectivity index (χ0v) is 17.6. The van der Waals surface area contributed by atoms with Crippen LogP contribution >= 0.6 is 0 Å². The second-order valence-corrected chi connectivity index (χ2v) is 8.08. The second-order valence-electron chi connectivity index (χ2n) is 8.08. The number of anilines is 1. The number of carbonyl (C=O) groups is 1. The van der Waals surface area contributed by atoms with Gasteiger partial charge in [0.05, 0.1) is 0 Å². The van der Waals surface area contributed by atoms with Crippen LogP contribution < -0.4 is 10.2 Å². The van der Waals surface area contributed by atoms with E-state index in [9.17, 15) is 9.18 Å². The van der Waals surface area contributed by atoms with E-state index in [0.717, 1.165) is 36.8 Å². The van der Waals surface area contributed by atoms with Crippen molar-refractivity contribution < 1.29 is 13.7 Å². The van der Waals surface area contributed by atoms with Crippen molar-refractivity contribution in [2.45, 2.75) is 25.2 Å². The molecule has 0 aliphatic carbocycles. The Kier molecular flexibility index (Phi) is 5.58. The number of halogens is 1. The summed E-state index contributed by atoms with van der Waals surface area (Å²) in [7, 11) is 0. The van der Waals surface area contributed by atoms with E-state index in [-0.39, 0.29) is 11.7 Å². The lowest BCUT2D eigenvalue weighted by molar-refractivity contribution is 0.0949. The van der Waals surface area contributed by atoms with E-state index in [4.69, 9.17) is 4.52 Å². The third-order valence-corrected chi connectivity index (χ3v) is 5.98. The van der Waals surface area contributed by atoms with E-state index in [2.05, 4.69) is 25.3 Å². The maximum absolute atomic E-state index is 13.1. The number of rotatable bonds is 6. The lowest BCUT2D eigenvalue weighted by Gasteiger charge is -2.31. The van der Waals surface area contributed by atoms with Crippen LogP contribution in [0, 0.1) is 5.82 Å². The fraction of sp³-hybridized carbons (Fsp3) is 0.292. The molecule has 32 heavy (non-hydrogen) atoms. The topological polar surface area (TPSA) is 87.1 Å². The SMILES string of the molecule is O=C(NCCc1nc(N2CCC(c3ccc(F)cc3)CC2)no1)c1cc2ccccc2[nH]1. The van der Waals surface area contributed by atoms with Crippen molar-refractivity contribution in [3.05, 3.63) is 77.6 Å². The van der Waals surface area contributed by atoms with Crippen LogP contribution in [0.25, 0.3) is 10.9 Å². The molecule has 1 saturated heterocycles. The van der Waals surface area contributed by atoms with E-state index in [1.165, 1.54) is 17.7 Å². The van der Waals surface area contributed by atoms with E-state index < -0.39 is 0 Å². The van der Waals surface area contributed by atoms with Crippen molar-refractivity contribution in [2.75, 3.05) is 24.5 Å². The minimum Gasteiger partial charge on any atom is -0.351 e. The molecule has 2 aromatic carbocycles. The standard InChI is InChI=1S/C24H24FN5O2/c25-19-7-5-16(6-8-19)17-10-13-30(14-11-17)24-28-22(32-29-24)9-12-26-23(31)21-15-18-3-1-2-4-20(18)27-21/h1-8,15,17,27H,9-14H2,(H,26,31). The molecule has 0 saturated carbocycles. The van der Waals surface area contributed by atoms with Gasteiger partial charge < -0.3 is 19.7 Å². The highest BCUT2D eigenvalue weighted by Gasteiger charge is 2.23. The molecule has 2 aromatic heterocycles. The third kappa shape index (κ3) is 4.34. The summed E-state index contributed by atoms with van der Waals surface area (Å²) in [4.78, 5) is 22.1. The first-order valence-electron chi connectivity index (χ1n) is 10.8. The smallest absolute Gasteiger partial charge is 0.267 e. The summed E-state index contributed by atoms with van der Waals surface area (Å²) < 4.78 is 18.5. The van der Waals surface area contributed by atoms with E-state index >= 15 is 0 Å². The van der Waals surface area contributed by atoms with Gasteiger partial charge in [0.2, 0.25) is 5.89 Å². The number of nitrogens with one attached hydrogen (secondary N) is 2. The summed E-state index contributed by atoms with van der Waals surface area (Å²) in [5.74, 6) is 1.13. The number of piperidine rings is 1. The molecule has 5 rings (SSSR count). The molecule has 1 aliphatic heterocycles. The van der Waals surface area contributed by atoms with Gasteiger partial charge in [-0.1, -0.05) is 30.3 Å². The van der Waals surface area contributed by atoms with Crippen LogP contribution in [0.3, 0.4) is 0 Å². The van der Waals surface area contributed by atoms with Gasteiger partial charge in [0.15, 0.2) is 0 Å². The summed E-state index contributed by atoms with van der Waals surface area (Å²) in [5.41, 5.74) is 2.63. The Hall–Kier alpha value is -3.68. The van der Waals surface area contributed by atoms with E-state index in [1.807, 2.05) is 42.5 Å². The number of nitrogens with zero attached hydrogens (tertiary/aromatic N) is 3. The highest BCUT2D eigenvalue weighted by molar-refractivity contribution is 5.97. The fourth-order valence-electron chi connectivity index (χ4n) is 4.20. The van der Waals surface area contributed by atoms with E-state index in [1.54, 1.807) is 0 Å². The number of benzene rings is 2. The van der Waals surface area contributed by atoms with Crippen molar-refractivity contribution in [1.82, 2.24) is 20.4 Å². The Morgan fingerprint density at radius 3 is 2.72 bits per heavy atom. The minimum absolute atomic E-state index is 0.163. The molecular formula is C24H24FN5O2. The number of aromatic amines is 1. The Labute approximate surface area is 184 Å². The molecule has 4 aromatic rings. The molecule has 0 atom stereocenters. The average molecular weight is 433 g/mol. The molecule has 1 amide bonds. The zero-order chi connectivity index (χ0) is 21.9. The second kappa shape index (κ2) is 8.82. The number of H-pyrrole nitrogens is 1. The number of amides is 1. The highest BCUT2D eigenvalue weighted by Crippen LogP contribution is 2.29. The van der Waals surface area contributed by atoms with Gasteiger partial charge in [0.25, 0.3) is 11.9 Å². The molecule has 7 nitrogen and oxygen atoms in total. The van der Waals surface area contributed by atoms with Gasteiger partial charge >= 0.3 is 0 Å². The van der Waals surface area contributed by atoms with Gasteiger partial charge in [-0.25, -0.2) is 4.39 Å². The van der Waals surface area contributed by atoms with Crippen LogP contribution in [0.1, 0.15) is 40.7 Å². The van der Waals surface area contributed by atoms with Gasteiger partial charge in [-0.3, -0.25) is 4.79 Å². The van der Waals surface area contributed by atoms with Crippen molar-refractivity contribution in [3.63, 3.8) is 0 Å². The fourth-order valence-corrected chi connectivity index (χ4v) is 4.20. The van der Waals surface area contributed by atoms with Crippen molar-refractivity contribution in [2.24, 2.45) is 0 Å². The van der Waals surface area contributed by atoms with Crippen LogP contribution in [0.2, 0.25) is 0 Å². The molecule has 0 unspecified atom stereocenters. The maximum atomic E-state index is 13.1. The average Bonchev–Trinajstić information content (AvgIpc) is 3.47. The lowest BCUT2D eigenvalue weighted by Crippen LogP contribution is -2.33. The Morgan fingerprint density at radius 2 is 1.94 bits per heavy atom. The van der Waals surface area contributed by atoms with Crippen molar-refractivity contribution in [3.8, 4) is 0 Å². The summed E-state index contributed by atoms with van der Waals surface area (Å²) in [5, 5.41) is 7.99. The summed E-state index contributed by atoms with van der Waals surface area (Å²) >= 11 is 0. The monoisotopic (exact) mass is 433 g/mol. The predicted octanol–water partition coefficient (Wildman–Crippen LogP) is 4.05. The molecule has 0 spiro atoms. The Morgan fingerprint density at radius 1 is 1.16 bits per heavy atom. The summed E-state index contributed by atoms with van der Waals surface area (Å²) in [6.45, 7) is 2.04. The molecular weight excluding hydrogens is 409 g/mol. The third-order valence-electron chi connectivity index (χ3n) is 5.98. The summed E-state index contributed by atoms with van der Waals surface area (Å²) in [6.07, 6.45) is 2.37. The largest absolute Gasteiger partial charge is 0.351 e. The van der Waals surface area contributed by atoms with Crippen LogP contribution in [0.15, 0.2) is 59.1 Å². The number of carbonyl (C=O) groups excluding carboxylic acids is 1. The molecule has 8 heteroatoms. The zero-order valence-electron chi connectivity index (χ0n) is 17.6. The number of hydrogen-bond acceptors (Lipinski definition) is 5. The molecule has 2 N–H and O–H groups in total. The first kappa shape index (κ1) is 20.2. The molecule has 164 valence electrons. The first-order valence-corrected chi connectivity index (χ1v) is 10.8. The summed E-state index contributed by atoms with van der Waals surface area (Å²) in [6, 6.07) is 16.4. The predicted molar refractivity (Wildman–Crippen MR) is 119 cm³/mol. The molecule has 3 heterocycles.